The van der Waals surface area contributed by atoms with Crippen molar-refractivity contribution in [2.45, 2.75) is 25.7 Å². The Labute approximate surface area is 90.6 Å². The number of amides is 4. The predicted octanol–water partition coefficient (Wildman–Crippen LogP) is 0.135. The lowest BCUT2D eigenvalue weighted by molar-refractivity contribution is -0.122. The first-order valence-corrected chi connectivity index (χ1v) is 4.47. The highest BCUT2D eigenvalue weighted by molar-refractivity contribution is 5.91. The van der Waals surface area contributed by atoms with E-state index in [2.05, 4.69) is 0 Å². The van der Waals surface area contributed by atoms with E-state index < -0.39 is 24.0 Å². The summed E-state index contributed by atoms with van der Waals surface area (Å²) < 4.78 is 0. The summed E-state index contributed by atoms with van der Waals surface area (Å²) in [5, 5.41) is 19.6. The molecular formula is C8H12N2O6. The van der Waals surface area contributed by atoms with E-state index >= 15 is 0 Å². The van der Waals surface area contributed by atoms with Crippen LogP contribution in [0.1, 0.15) is 25.7 Å². The van der Waals surface area contributed by atoms with Crippen LogP contribution in [-0.2, 0) is 9.59 Å². The van der Waals surface area contributed by atoms with Gasteiger partial charge in [-0.1, -0.05) is 0 Å². The van der Waals surface area contributed by atoms with Gasteiger partial charge in [0.2, 0.25) is 11.8 Å². The highest BCUT2D eigenvalue weighted by Gasteiger charge is 2.07. The molecule has 0 aromatic carbocycles. The Kier molecular flexibility index (Phi) is 6.25. The Morgan fingerprint density at radius 2 is 1.06 bits per heavy atom. The summed E-state index contributed by atoms with van der Waals surface area (Å²) in [7, 11) is 0. The number of hydrogen-bond donors (Lipinski definition) is 4. The van der Waals surface area contributed by atoms with Crippen LogP contribution >= 0.6 is 0 Å². The number of nitrogens with one attached hydrogen (secondary N) is 2. The van der Waals surface area contributed by atoms with Gasteiger partial charge in [-0.2, -0.15) is 0 Å². The molecule has 4 amide bonds. The normalized spacial score (nSPS) is 9.25. The Morgan fingerprint density at radius 3 is 1.31 bits per heavy atom. The van der Waals surface area contributed by atoms with Gasteiger partial charge < -0.3 is 10.2 Å². The molecule has 0 atom stereocenters. The van der Waals surface area contributed by atoms with Crippen LogP contribution in [0.15, 0.2) is 0 Å². The molecule has 0 aliphatic heterocycles. The molecule has 4 N–H and O–H groups in total. The minimum atomic E-state index is -1.42. The van der Waals surface area contributed by atoms with Crippen molar-refractivity contribution in [1.82, 2.24) is 10.6 Å². The summed E-state index contributed by atoms with van der Waals surface area (Å²) in [5.41, 5.74) is 0. The van der Waals surface area contributed by atoms with Gasteiger partial charge in [0.1, 0.15) is 0 Å². The van der Waals surface area contributed by atoms with Crippen LogP contribution in [-0.4, -0.2) is 34.2 Å². The highest BCUT2D eigenvalue weighted by Crippen LogP contribution is 1.99. The van der Waals surface area contributed by atoms with E-state index in [0.717, 1.165) is 0 Å². The Balaban J connectivity index is 3.53. The van der Waals surface area contributed by atoms with E-state index in [9.17, 15) is 19.2 Å². The van der Waals surface area contributed by atoms with E-state index in [-0.39, 0.29) is 12.8 Å². The van der Waals surface area contributed by atoms with Crippen molar-refractivity contribution < 1.29 is 29.4 Å². The molecule has 0 radical (unpaired) electrons. The number of carboxylic acid groups (broad SMARTS) is 2. The zero-order valence-corrected chi connectivity index (χ0v) is 8.36. The zero-order chi connectivity index (χ0) is 12.6. The summed E-state index contributed by atoms with van der Waals surface area (Å²) in [4.78, 5) is 41.6. The topological polar surface area (TPSA) is 133 Å². The minimum absolute atomic E-state index is 0.0212. The molecule has 16 heavy (non-hydrogen) atoms. The molecule has 0 heterocycles. The smallest absolute Gasteiger partial charge is 0.411 e. The molecule has 0 saturated carbocycles. The van der Waals surface area contributed by atoms with Crippen molar-refractivity contribution in [1.29, 1.82) is 0 Å². The molecule has 0 saturated heterocycles. The highest BCUT2D eigenvalue weighted by atomic mass is 16.4. The van der Waals surface area contributed by atoms with Crippen molar-refractivity contribution in [3.63, 3.8) is 0 Å². The molecule has 0 bridgehead atoms. The second-order valence-electron chi connectivity index (χ2n) is 2.91. The third-order valence-corrected chi connectivity index (χ3v) is 1.55. The fourth-order valence-electron chi connectivity index (χ4n) is 0.935. The monoisotopic (exact) mass is 232 g/mol. The summed E-state index contributed by atoms with van der Waals surface area (Å²) >= 11 is 0. The first-order valence-electron chi connectivity index (χ1n) is 4.47. The number of unbranched alkanes of at least 4 members (excludes halogenated alkanes) is 1. The summed E-state index contributed by atoms with van der Waals surface area (Å²) in [5.74, 6) is -1.29. The standard InChI is InChI=1S/C8H12N2O6/c11-5(9-7(13)14)3-1-2-4-6(12)10-8(15)16/h1-4H2,(H,9,11)(H,10,12)(H,13,14)(H,15,16). The van der Waals surface area contributed by atoms with Gasteiger partial charge in [-0.05, 0) is 12.8 Å². The summed E-state index contributed by atoms with van der Waals surface area (Å²) in [6.45, 7) is 0. The molecule has 90 valence electrons. The molecule has 0 spiro atoms. The number of hydrogen-bond acceptors (Lipinski definition) is 4. The Bertz CT molecular complexity index is 271. The van der Waals surface area contributed by atoms with Crippen LogP contribution in [0.4, 0.5) is 9.59 Å². The largest absolute Gasteiger partial charge is 0.465 e. The quantitative estimate of drug-likeness (QED) is 0.498. The van der Waals surface area contributed by atoms with Gasteiger partial charge in [0.25, 0.3) is 0 Å². The van der Waals surface area contributed by atoms with E-state index in [1.165, 1.54) is 0 Å². The van der Waals surface area contributed by atoms with Crippen LogP contribution < -0.4 is 10.6 Å². The molecule has 8 nitrogen and oxygen atoms in total. The number of imide groups is 2. The average Bonchev–Trinajstić information content (AvgIpc) is 2.10. The summed E-state index contributed by atoms with van der Waals surface area (Å²) in [6, 6.07) is 0. The maximum Gasteiger partial charge on any atom is 0.411 e. The molecule has 0 aromatic heterocycles. The molecule has 8 heteroatoms. The van der Waals surface area contributed by atoms with Crippen LogP contribution in [0.5, 0.6) is 0 Å². The van der Waals surface area contributed by atoms with Gasteiger partial charge in [-0.25, -0.2) is 9.59 Å². The van der Waals surface area contributed by atoms with Gasteiger partial charge in [0.15, 0.2) is 0 Å². The second kappa shape index (κ2) is 7.21. The Hall–Kier alpha value is -2.12. The lowest BCUT2D eigenvalue weighted by atomic mass is 10.2. The summed E-state index contributed by atoms with van der Waals surface area (Å²) in [6.07, 6.45) is -2.26. The third-order valence-electron chi connectivity index (χ3n) is 1.55. The van der Waals surface area contributed by atoms with Crippen molar-refractivity contribution in [2.24, 2.45) is 0 Å². The predicted molar refractivity (Wildman–Crippen MR) is 50.8 cm³/mol. The van der Waals surface area contributed by atoms with Crippen LogP contribution in [0.3, 0.4) is 0 Å². The van der Waals surface area contributed by atoms with Gasteiger partial charge in [-0.15, -0.1) is 0 Å². The maximum absolute atomic E-state index is 10.8. The van der Waals surface area contributed by atoms with E-state index in [1.807, 2.05) is 0 Å². The lowest BCUT2D eigenvalue weighted by Gasteiger charge is -2.00. The van der Waals surface area contributed by atoms with Crippen LogP contribution in [0.2, 0.25) is 0 Å². The zero-order valence-electron chi connectivity index (χ0n) is 8.36. The fourth-order valence-corrected chi connectivity index (χ4v) is 0.935. The molecule has 0 unspecified atom stereocenters. The number of carbonyl (C=O) groups excluding carboxylic acids is 2. The van der Waals surface area contributed by atoms with Crippen molar-refractivity contribution in [3.05, 3.63) is 0 Å². The van der Waals surface area contributed by atoms with Crippen molar-refractivity contribution >= 4 is 24.0 Å². The van der Waals surface area contributed by atoms with Gasteiger partial charge in [0.05, 0.1) is 0 Å². The first-order chi connectivity index (χ1) is 7.41. The van der Waals surface area contributed by atoms with E-state index in [0.29, 0.717) is 12.8 Å². The molecular weight excluding hydrogens is 220 g/mol. The van der Waals surface area contributed by atoms with Gasteiger partial charge >= 0.3 is 12.2 Å². The number of carbonyl (C=O) groups is 4. The molecule has 0 aliphatic carbocycles. The van der Waals surface area contributed by atoms with E-state index in [1.54, 1.807) is 10.6 Å². The molecule has 0 rings (SSSR count). The molecule has 0 fully saturated rings. The first kappa shape index (κ1) is 13.9. The second-order valence-corrected chi connectivity index (χ2v) is 2.91. The van der Waals surface area contributed by atoms with Crippen LogP contribution in [0.25, 0.3) is 0 Å². The van der Waals surface area contributed by atoms with Crippen molar-refractivity contribution in [2.75, 3.05) is 0 Å². The van der Waals surface area contributed by atoms with Gasteiger partial charge in [0, 0.05) is 12.8 Å². The van der Waals surface area contributed by atoms with Crippen molar-refractivity contribution in [3.8, 4) is 0 Å². The molecule has 0 aromatic rings. The fraction of sp³-hybridized carbons (Fsp3) is 0.500. The third kappa shape index (κ3) is 8.48. The van der Waals surface area contributed by atoms with E-state index in [4.69, 9.17) is 10.2 Å². The minimum Gasteiger partial charge on any atom is -0.465 e. The number of rotatable bonds is 5. The Morgan fingerprint density at radius 1 is 0.750 bits per heavy atom. The lowest BCUT2D eigenvalue weighted by Crippen LogP contribution is -2.29. The van der Waals surface area contributed by atoms with Crippen LogP contribution in [0, 0.1) is 0 Å². The maximum atomic E-state index is 10.8. The SMILES string of the molecule is O=C(O)NC(=O)CCCCC(=O)NC(=O)O. The molecule has 0 aliphatic rings. The average molecular weight is 232 g/mol. The van der Waals surface area contributed by atoms with Gasteiger partial charge in [-0.3, -0.25) is 20.2 Å².